The number of hydrogen-bond acceptors (Lipinski definition) is 3. The van der Waals surface area contributed by atoms with Crippen molar-refractivity contribution in [3.63, 3.8) is 0 Å². The summed E-state index contributed by atoms with van der Waals surface area (Å²) in [7, 11) is 0. The Labute approximate surface area is 116 Å². The van der Waals surface area contributed by atoms with Gasteiger partial charge in [-0.3, -0.25) is 9.59 Å². The Morgan fingerprint density at radius 2 is 1.68 bits per heavy atom. The van der Waals surface area contributed by atoms with Crippen molar-refractivity contribution in [1.82, 2.24) is 16.0 Å². The molecule has 5 heteroatoms. The van der Waals surface area contributed by atoms with E-state index in [9.17, 15) is 9.59 Å². The standard InChI is InChI=1S/C14H29N3O2/c1-10(2)9-16-14(19)12(5)17-13(18)7-6-8-15-11(3)4/h10-12,15H,6-9H2,1-5H3,(H,16,19)(H,17,18). The van der Waals surface area contributed by atoms with Gasteiger partial charge in [0.25, 0.3) is 0 Å². The van der Waals surface area contributed by atoms with E-state index in [1.54, 1.807) is 6.92 Å². The number of amides is 2. The van der Waals surface area contributed by atoms with Crippen LogP contribution < -0.4 is 16.0 Å². The molecule has 0 saturated carbocycles. The minimum absolute atomic E-state index is 0.0715. The Balaban J connectivity index is 3.76. The highest BCUT2D eigenvalue weighted by Crippen LogP contribution is 1.92. The van der Waals surface area contributed by atoms with Crippen molar-refractivity contribution in [3.05, 3.63) is 0 Å². The zero-order chi connectivity index (χ0) is 14.8. The maximum Gasteiger partial charge on any atom is 0.242 e. The van der Waals surface area contributed by atoms with Crippen molar-refractivity contribution < 1.29 is 9.59 Å². The molecule has 2 amide bonds. The lowest BCUT2D eigenvalue weighted by Crippen LogP contribution is -2.45. The minimum atomic E-state index is -0.468. The monoisotopic (exact) mass is 271 g/mol. The summed E-state index contributed by atoms with van der Waals surface area (Å²) in [5, 5.41) is 8.77. The predicted octanol–water partition coefficient (Wildman–Crippen LogP) is 1.04. The molecule has 1 atom stereocenters. The molecule has 0 aromatic rings. The van der Waals surface area contributed by atoms with Gasteiger partial charge in [0.1, 0.15) is 6.04 Å². The maximum absolute atomic E-state index is 11.7. The number of carbonyl (C=O) groups excluding carboxylic acids is 2. The van der Waals surface area contributed by atoms with E-state index in [-0.39, 0.29) is 11.8 Å². The first-order valence-corrected chi connectivity index (χ1v) is 7.13. The Kier molecular flexibility index (Phi) is 9.21. The molecule has 0 spiro atoms. The van der Waals surface area contributed by atoms with Crippen molar-refractivity contribution in [2.75, 3.05) is 13.1 Å². The Morgan fingerprint density at radius 1 is 1.05 bits per heavy atom. The van der Waals surface area contributed by atoms with Gasteiger partial charge < -0.3 is 16.0 Å². The summed E-state index contributed by atoms with van der Waals surface area (Å²) in [5.41, 5.74) is 0. The van der Waals surface area contributed by atoms with E-state index < -0.39 is 6.04 Å². The molecule has 0 aromatic heterocycles. The molecule has 0 fully saturated rings. The lowest BCUT2D eigenvalue weighted by Gasteiger charge is -2.15. The van der Waals surface area contributed by atoms with Crippen molar-refractivity contribution in [2.24, 2.45) is 5.92 Å². The van der Waals surface area contributed by atoms with Crippen molar-refractivity contribution in [1.29, 1.82) is 0 Å². The third-order valence-corrected chi connectivity index (χ3v) is 2.59. The molecular formula is C14H29N3O2. The van der Waals surface area contributed by atoms with Crippen LogP contribution >= 0.6 is 0 Å². The molecule has 0 aliphatic heterocycles. The first kappa shape index (κ1) is 17.9. The van der Waals surface area contributed by atoms with Gasteiger partial charge in [-0.25, -0.2) is 0 Å². The van der Waals surface area contributed by atoms with Crippen LogP contribution in [0.25, 0.3) is 0 Å². The summed E-state index contributed by atoms with van der Waals surface area (Å²) in [5.74, 6) is 0.217. The second-order valence-electron chi connectivity index (χ2n) is 5.64. The van der Waals surface area contributed by atoms with Crippen LogP contribution in [0.5, 0.6) is 0 Å². The molecule has 0 aliphatic carbocycles. The lowest BCUT2D eigenvalue weighted by atomic mass is 10.2. The highest BCUT2D eigenvalue weighted by atomic mass is 16.2. The fourth-order valence-electron chi connectivity index (χ4n) is 1.48. The van der Waals surface area contributed by atoms with Crippen LogP contribution in [0, 0.1) is 5.92 Å². The fraction of sp³-hybridized carbons (Fsp3) is 0.857. The molecule has 19 heavy (non-hydrogen) atoms. The fourth-order valence-corrected chi connectivity index (χ4v) is 1.48. The second-order valence-corrected chi connectivity index (χ2v) is 5.64. The Bertz CT molecular complexity index is 278. The third-order valence-electron chi connectivity index (χ3n) is 2.59. The average molecular weight is 271 g/mol. The van der Waals surface area contributed by atoms with Crippen LogP contribution in [0.4, 0.5) is 0 Å². The van der Waals surface area contributed by atoms with Crippen LogP contribution in [-0.4, -0.2) is 37.0 Å². The van der Waals surface area contributed by atoms with E-state index in [1.165, 1.54) is 0 Å². The van der Waals surface area contributed by atoms with Gasteiger partial charge in [0.05, 0.1) is 0 Å². The summed E-state index contributed by atoms with van der Waals surface area (Å²) in [6.07, 6.45) is 1.23. The van der Waals surface area contributed by atoms with E-state index in [1.807, 2.05) is 13.8 Å². The minimum Gasteiger partial charge on any atom is -0.354 e. The van der Waals surface area contributed by atoms with Gasteiger partial charge >= 0.3 is 0 Å². The van der Waals surface area contributed by atoms with Crippen LogP contribution in [0.15, 0.2) is 0 Å². The highest BCUT2D eigenvalue weighted by molar-refractivity contribution is 5.87. The number of carbonyl (C=O) groups is 2. The third kappa shape index (κ3) is 10.5. The average Bonchev–Trinajstić information content (AvgIpc) is 2.31. The van der Waals surface area contributed by atoms with Crippen molar-refractivity contribution in [2.45, 2.75) is 59.5 Å². The van der Waals surface area contributed by atoms with E-state index in [0.717, 1.165) is 13.0 Å². The van der Waals surface area contributed by atoms with Gasteiger partial charge in [-0.1, -0.05) is 27.7 Å². The summed E-state index contributed by atoms with van der Waals surface area (Å²) >= 11 is 0. The zero-order valence-electron chi connectivity index (χ0n) is 12.9. The Hall–Kier alpha value is -1.10. The molecule has 0 heterocycles. The molecule has 112 valence electrons. The first-order valence-electron chi connectivity index (χ1n) is 7.13. The highest BCUT2D eigenvalue weighted by Gasteiger charge is 2.14. The largest absolute Gasteiger partial charge is 0.354 e. The molecule has 0 bridgehead atoms. The summed E-state index contributed by atoms with van der Waals surface area (Å²) < 4.78 is 0. The normalized spacial score (nSPS) is 12.6. The first-order chi connectivity index (χ1) is 8.82. The molecule has 5 nitrogen and oxygen atoms in total. The SMILES string of the molecule is CC(C)CNC(=O)C(C)NC(=O)CCCNC(C)C. The molecule has 3 N–H and O–H groups in total. The molecule has 0 rings (SSSR count). The van der Waals surface area contributed by atoms with Crippen LogP contribution in [-0.2, 0) is 9.59 Å². The van der Waals surface area contributed by atoms with Gasteiger partial charge in [0.15, 0.2) is 0 Å². The topological polar surface area (TPSA) is 70.2 Å². The smallest absolute Gasteiger partial charge is 0.242 e. The van der Waals surface area contributed by atoms with Crippen LogP contribution in [0.2, 0.25) is 0 Å². The molecule has 0 radical (unpaired) electrons. The van der Waals surface area contributed by atoms with E-state index in [2.05, 4.69) is 29.8 Å². The molecular weight excluding hydrogens is 242 g/mol. The van der Waals surface area contributed by atoms with E-state index in [4.69, 9.17) is 0 Å². The summed E-state index contributed by atoms with van der Waals surface area (Å²) in [6.45, 7) is 11.4. The summed E-state index contributed by atoms with van der Waals surface area (Å²) in [6, 6.07) is -0.0342. The van der Waals surface area contributed by atoms with E-state index in [0.29, 0.717) is 24.9 Å². The number of hydrogen-bond donors (Lipinski definition) is 3. The Morgan fingerprint density at radius 3 is 2.21 bits per heavy atom. The molecule has 0 aromatic carbocycles. The number of nitrogens with one attached hydrogen (secondary N) is 3. The van der Waals surface area contributed by atoms with Gasteiger partial charge in [0.2, 0.25) is 11.8 Å². The predicted molar refractivity (Wildman–Crippen MR) is 77.8 cm³/mol. The lowest BCUT2D eigenvalue weighted by molar-refractivity contribution is -0.128. The van der Waals surface area contributed by atoms with Gasteiger partial charge in [-0.05, 0) is 25.8 Å². The molecule has 0 aliphatic rings. The number of rotatable bonds is 9. The van der Waals surface area contributed by atoms with Crippen LogP contribution in [0.3, 0.4) is 0 Å². The van der Waals surface area contributed by atoms with Gasteiger partial charge in [-0.15, -0.1) is 0 Å². The van der Waals surface area contributed by atoms with E-state index >= 15 is 0 Å². The molecule has 0 saturated heterocycles. The van der Waals surface area contributed by atoms with Crippen molar-refractivity contribution in [3.8, 4) is 0 Å². The molecule has 1 unspecified atom stereocenters. The quantitative estimate of drug-likeness (QED) is 0.549. The van der Waals surface area contributed by atoms with Crippen molar-refractivity contribution >= 4 is 11.8 Å². The zero-order valence-corrected chi connectivity index (χ0v) is 12.9. The van der Waals surface area contributed by atoms with Gasteiger partial charge in [-0.2, -0.15) is 0 Å². The summed E-state index contributed by atoms with van der Waals surface area (Å²) in [4.78, 5) is 23.3. The maximum atomic E-state index is 11.7. The van der Waals surface area contributed by atoms with Gasteiger partial charge in [0, 0.05) is 19.0 Å². The second kappa shape index (κ2) is 9.78. The van der Waals surface area contributed by atoms with Crippen LogP contribution in [0.1, 0.15) is 47.5 Å².